The van der Waals surface area contributed by atoms with Gasteiger partial charge in [-0.2, -0.15) is 0 Å². The number of hydrogen-bond donors (Lipinski definition) is 1. The molecule has 3 nitrogen and oxygen atoms in total. The molecule has 3 rings (SSSR count). The summed E-state index contributed by atoms with van der Waals surface area (Å²) >= 11 is 0. The molecule has 0 spiro atoms. The molecule has 21 heavy (non-hydrogen) atoms. The first-order chi connectivity index (χ1) is 10.3. The molecule has 1 aromatic heterocycles. The molecule has 2 N–H and O–H groups in total. The van der Waals surface area contributed by atoms with Gasteiger partial charge in [0.25, 0.3) is 0 Å². The number of rotatable bonds is 6. The van der Waals surface area contributed by atoms with Crippen molar-refractivity contribution in [3.63, 3.8) is 0 Å². The normalized spacial score (nSPS) is 16.1. The van der Waals surface area contributed by atoms with Crippen molar-refractivity contribution >= 4 is 10.9 Å². The fourth-order valence-electron chi connectivity index (χ4n) is 3.45. The third-order valence-electron chi connectivity index (χ3n) is 4.70. The Hall–Kier alpha value is -1.32. The lowest BCUT2D eigenvalue weighted by Crippen LogP contribution is -2.21. The summed E-state index contributed by atoms with van der Waals surface area (Å²) in [7, 11) is 0. The smallest absolute Gasteiger partial charge is 0.0483 e. The van der Waals surface area contributed by atoms with Gasteiger partial charge in [0.15, 0.2) is 0 Å². The minimum absolute atomic E-state index is 0.699. The number of fused-ring (bicyclic) bond motifs is 1. The van der Waals surface area contributed by atoms with E-state index in [1.54, 1.807) is 0 Å². The Labute approximate surface area is 127 Å². The summed E-state index contributed by atoms with van der Waals surface area (Å²) in [6.45, 7) is 7.58. The van der Waals surface area contributed by atoms with Gasteiger partial charge in [-0.1, -0.05) is 13.0 Å². The summed E-state index contributed by atoms with van der Waals surface area (Å²) in [6.07, 6.45) is 7.32. The Morgan fingerprint density at radius 3 is 2.67 bits per heavy atom. The molecule has 1 aliphatic rings. The maximum absolute atomic E-state index is 5.76. The van der Waals surface area contributed by atoms with E-state index in [2.05, 4.69) is 40.8 Å². The number of nitrogens with zero attached hydrogens (tertiary/aromatic N) is 2. The van der Waals surface area contributed by atoms with Crippen LogP contribution in [0, 0.1) is 0 Å². The number of aryl methyl sites for hydroxylation is 1. The number of likely N-dealkylation sites (tertiary alicyclic amines) is 1. The van der Waals surface area contributed by atoms with Crippen LogP contribution in [0.15, 0.2) is 24.4 Å². The molecule has 0 bridgehead atoms. The molecule has 1 saturated heterocycles. The fourth-order valence-corrected chi connectivity index (χ4v) is 3.45. The van der Waals surface area contributed by atoms with Crippen molar-refractivity contribution < 1.29 is 0 Å². The van der Waals surface area contributed by atoms with E-state index in [0.29, 0.717) is 6.54 Å². The Morgan fingerprint density at radius 1 is 1.14 bits per heavy atom. The third kappa shape index (κ3) is 3.14. The van der Waals surface area contributed by atoms with Gasteiger partial charge in [0.1, 0.15) is 0 Å². The van der Waals surface area contributed by atoms with E-state index < -0.39 is 0 Å². The van der Waals surface area contributed by atoms with Gasteiger partial charge in [0, 0.05) is 36.7 Å². The summed E-state index contributed by atoms with van der Waals surface area (Å²) in [6, 6.07) is 6.89. The molecular formula is C18H27N3. The van der Waals surface area contributed by atoms with E-state index >= 15 is 0 Å². The molecule has 1 aliphatic heterocycles. The van der Waals surface area contributed by atoms with Crippen molar-refractivity contribution in [2.75, 3.05) is 26.2 Å². The fraction of sp³-hybridized carbons (Fsp3) is 0.556. The molecule has 0 unspecified atom stereocenters. The predicted octanol–water partition coefficient (Wildman–Crippen LogP) is 2.80. The molecule has 0 amide bonds. The highest BCUT2D eigenvalue weighted by Crippen LogP contribution is 2.24. The summed E-state index contributed by atoms with van der Waals surface area (Å²) in [5.74, 6) is 0. The monoisotopic (exact) mass is 285 g/mol. The molecule has 0 radical (unpaired) electrons. The van der Waals surface area contributed by atoms with Gasteiger partial charge in [0.2, 0.25) is 0 Å². The van der Waals surface area contributed by atoms with Gasteiger partial charge in [0.05, 0.1) is 0 Å². The van der Waals surface area contributed by atoms with Gasteiger partial charge >= 0.3 is 0 Å². The Morgan fingerprint density at radius 2 is 1.95 bits per heavy atom. The summed E-state index contributed by atoms with van der Waals surface area (Å²) < 4.78 is 2.33. The van der Waals surface area contributed by atoms with Crippen LogP contribution in [0.1, 0.15) is 30.9 Å². The summed E-state index contributed by atoms with van der Waals surface area (Å²) in [4.78, 5) is 2.59. The van der Waals surface area contributed by atoms with E-state index in [-0.39, 0.29) is 0 Å². The first kappa shape index (κ1) is 14.6. The van der Waals surface area contributed by atoms with E-state index in [9.17, 15) is 0 Å². The quantitative estimate of drug-likeness (QED) is 0.885. The minimum Gasteiger partial charge on any atom is -0.346 e. The second-order valence-corrected chi connectivity index (χ2v) is 6.14. The molecule has 1 fully saturated rings. The molecule has 0 saturated carbocycles. The van der Waals surface area contributed by atoms with Crippen molar-refractivity contribution in [2.45, 2.75) is 39.2 Å². The van der Waals surface area contributed by atoms with Crippen LogP contribution in [0.2, 0.25) is 0 Å². The molecule has 2 aromatic rings. The van der Waals surface area contributed by atoms with Gasteiger partial charge in [-0.3, -0.25) is 0 Å². The average Bonchev–Trinajstić information content (AvgIpc) is 3.13. The van der Waals surface area contributed by atoms with Crippen LogP contribution in [-0.2, 0) is 19.4 Å². The Bertz CT molecular complexity index is 594. The van der Waals surface area contributed by atoms with Crippen molar-refractivity contribution in [2.24, 2.45) is 5.73 Å². The lowest BCUT2D eigenvalue weighted by atomic mass is 10.1. The highest BCUT2D eigenvalue weighted by Gasteiger charge is 2.13. The zero-order valence-corrected chi connectivity index (χ0v) is 13.1. The average molecular weight is 285 g/mol. The van der Waals surface area contributed by atoms with Gasteiger partial charge in [-0.25, -0.2) is 0 Å². The Kier molecular flexibility index (Phi) is 4.61. The highest BCUT2D eigenvalue weighted by atomic mass is 15.1. The molecule has 114 valence electrons. The first-order valence-electron chi connectivity index (χ1n) is 8.35. The molecule has 0 atom stereocenters. The second kappa shape index (κ2) is 6.63. The van der Waals surface area contributed by atoms with Crippen LogP contribution in [0.3, 0.4) is 0 Å². The van der Waals surface area contributed by atoms with Gasteiger partial charge in [-0.05, 0) is 62.0 Å². The third-order valence-corrected chi connectivity index (χ3v) is 4.70. The van der Waals surface area contributed by atoms with Crippen LogP contribution >= 0.6 is 0 Å². The minimum atomic E-state index is 0.699. The van der Waals surface area contributed by atoms with Crippen molar-refractivity contribution in [3.05, 3.63) is 35.5 Å². The standard InChI is InChI=1S/C18H27N3/c1-2-15-5-6-18-17(13-15)16(14-21(18)12-8-19)7-11-20-9-3-4-10-20/h5-6,13-14H,2-4,7-12,19H2,1H3. The topological polar surface area (TPSA) is 34.2 Å². The molecular weight excluding hydrogens is 258 g/mol. The van der Waals surface area contributed by atoms with Crippen LogP contribution in [-0.4, -0.2) is 35.6 Å². The number of aromatic nitrogens is 1. The lowest BCUT2D eigenvalue weighted by Gasteiger charge is -2.13. The van der Waals surface area contributed by atoms with Crippen LogP contribution in [0.4, 0.5) is 0 Å². The van der Waals surface area contributed by atoms with Crippen molar-refractivity contribution in [1.82, 2.24) is 9.47 Å². The van der Waals surface area contributed by atoms with Crippen molar-refractivity contribution in [1.29, 1.82) is 0 Å². The van der Waals surface area contributed by atoms with Crippen molar-refractivity contribution in [3.8, 4) is 0 Å². The van der Waals surface area contributed by atoms with E-state index in [1.807, 2.05) is 0 Å². The van der Waals surface area contributed by atoms with E-state index in [0.717, 1.165) is 19.4 Å². The molecule has 2 heterocycles. The SMILES string of the molecule is CCc1ccc2c(c1)c(CCN1CCCC1)cn2CCN. The second-order valence-electron chi connectivity index (χ2n) is 6.14. The van der Waals surface area contributed by atoms with E-state index in [1.165, 1.54) is 54.5 Å². The van der Waals surface area contributed by atoms with Crippen LogP contribution < -0.4 is 5.73 Å². The van der Waals surface area contributed by atoms with Crippen LogP contribution in [0.5, 0.6) is 0 Å². The largest absolute Gasteiger partial charge is 0.346 e. The maximum Gasteiger partial charge on any atom is 0.0483 e. The lowest BCUT2D eigenvalue weighted by molar-refractivity contribution is 0.344. The van der Waals surface area contributed by atoms with Gasteiger partial charge < -0.3 is 15.2 Å². The highest BCUT2D eigenvalue weighted by molar-refractivity contribution is 5.84. The summed E-state index contributed by atoms with van der Waals surface area (Å²) in [5, 5.41) is 1.43. The molecule has 3 heteroatoms. The number of nitrogens with two attached hydrogens (primary N) is 1. The zero-order chi connectivity index (χ0) is 14.7. The molecule has 1 aromatic carbocycles. The molecule has 0 aliphatic carbocycles. The summed E-state index contributed by atoms with van der Waals surface area (Å²) in [5.41, 5.74) is 10.0. The zero-order valence-electron chi connectivity index (χ0n) is 13.1. The first-order valence-corrected chi connectivity index (χ1v) is 8.35. The maximum atomic E-state index is 5.76. The predicted molar refractivity (Wildman–Crippen MR) is 89.7 cm³/mol. The van der Waals surface area contributed by atoms with Crippen LogP contribution in [0.25, 0.3) is 10.9 Å². The number of hydrogen-bond acceptors (Lipinski definition) is 2. The number of benzene rings is 1. The van der Waals surface area contributed by atoms with Gasteiger partial charge in [-0.15, -0.1) is 0 Å². The Balaban J connectivity index is 1.87. The van der Waals surface area contributed by atoms with E-state index in [4.69, 9.17) is 5.73 Å².